The van der Waals surface area contributed by atoms with Crippen LogP contribution >= 0.6 is 0 Å². The highest BCUT2D eigenvalue weighted by Gasteiger charge is 2.27. The molecule has 1 aromatic carbocycles. The molecule has 2 rings (SSSR count). The molecule has 0 radical (unpaired) electrons. The van der Waals surface area contributed by atoms with Crippen molar-refractivity contribution in [3.63, 3.8) is 0 Å². The van der Waals surface area contributed by atoms with Crippen molar-refractivity contribution in [2.24, 2.45) is 5.92 Å². The second-order valence-corrected chi connectivity index (χ2v) is 5.93. The lowest BCUT2D eigenvalue weighted by molar-refractivity contribution is -0.119. The zero-order chi connectivity index (χ0) is 14.0. The fourth-order valence-corrected chi connectivity index (χ4v) is 2.44. The number of nitrogens with zero attached hydrogens (tertiary/aromatic N) is 1. The predicted molar refractivity (Wildman–Crippen MR) is 79.5 cm³/mol. The predicted octanol–water partition coefficient (Wildman–Crippen LogP) is 2.77. The SMILES string of the molecule is CC1CNC(C)C(=O)N(c2ccc(C(C)C)cc2)C1. The van der Waals surface area contributed by atoms with Crippen LogP contribution in [0.4, 0.5) is 5.69 Å². The van der Waals surface area contributed by atoms with E-state index in [4.69, 9.17) is 0 Å². The van der Waals surface area contributed by atoms with Crippen molar-refractivity contribution in [2.75, 3.05) is 18.0 Å². The molecule has 1 heterocycles. The maximum Gasteiger partial charge on any atom is 0.243 e. The van der Waals surface area contributed by atoms with Gasteiger partial charge >= 0.3 is 0 Å². The van der Waals surface area contributed by atoms with Crippen molar-refractivity contribution >= 4 is 11.6 Å². The summed E-state index contributed by atoms with van der Waals surface area (Å²) in [6, 6.07) is 8.28. The Balaban J connectivity index is 2.24. The highest BCUT2D eigenvalue weighted by Crippen LogP contribution is 2.22. The fraction of sp³-hybridized carbons (Fsp3) is 0.562. The van der Waals surface area contributed by atoms with E-state index in [1.165, 1.54) is 5.56 Å². The Morgan fingerprint density at radius 3 is 2.42 bits per heavy atom. The molecule has 0 aromatic heterocycles. The second-order valence-electron chi connectivity index (χ2n) is 5.93. The number of hydrogen-bond donors (Lipinski definition) is 1. The fourth-order valence-electron chi connectivity index (χ4n) is 2.44. The molecule has 1 N–H and O–H groups in total. The van der Waals surface area contributed by atoms with E-state index >= 15 is 0 Å². The summed E-state index contributed by atoms with van der Waals surface area (Å²) in [7, 11) is 0. The summed E-state index contributed by atoms with van der Waals surface area (Å²) in [6.45, 7) is 10.2. The van der Waals surface area contributed by atoms with Gasteiger partial charge in [-0.1, -0.05) is 32.9 Å². The van der Waals surface area contributed by atoms with Gasteiger partial charge in [0, 0.05) is 18.8 Å². The van der Waals surface area contributed by atoms with Gasteiger partial charge in [0.15, 0.2) is 0 Å². The van der Waals surface area contributed by atoms with Gasteiger partial charge in [-0.2, -0.15) is 0 Å². The van der Waals surface area contributed by atoms with Crippen LogP contribution in [-0.2, 0) is 4.79 Å². The number of rotatable bonds is 2. The molecule has 3 nitrogen and oxygen atoms in total. The highest BCUT2D eigenvalue weighted by atomic mass is 16.2. The maximum absolute atomic E-state index is 12.4. The van der Waals surface area contributed by atoms with E-state index in [0.717, 1.165) is 18.8 Å². The lowest BCUT2D eigenvalue weighted by atomic mass is 10.0. The molecule has 0 saturated carbocycles. The van der Waals surface area contributed by atoms with E-state index in [1.54, 1.807) is 0 Å². The minimum atomic E-state index is -0.102. The first-order valence-electron chi connectivity index (χ1n) is 7.13. The van der Waals surface area contributed by atoms with E-state index in [-0.39, 0.29) is 11.9 Å². The molecule has 2 atom stereocenters. The van der Waals surface area contributed by atoms with Crippen LogP contribution in [0.15, 0.2) is 24.3 Å². The Labute approximate surface area is 116 Å². The quantitative estimate of drug-likeness (QED) is 0.887. The zero-order valence-electron chi connectivity index (χ0n) is 12.3. The minimum Gasteiger partial charge on any atom is -0.311 e. The Morgan fingerprint density at radius 2 is 1.84 bits per heavy atom. The number of hydrogen-bond acceptors (Lipinski definition) is 2. The van der Waals surface area contributed by atoms with Crippen molar-refractivity contribution in [3.05, 3.63) is 29.8 Å². The number of amides is 1. The van der Waals surface area contributed by atoms with Crippen LogP contribution in [0.2, 0.25) is 0 Å². The van der Waals surface area contributed by atoms with Crippen molar-refractivity contribution in [3.8, 4) is 0 Å². The lowest BCUT2D eigenvalue weighted by Crippen LogP contribution is -2.41. The molecule has 2 unspecified atom stereocenters. The summed E-state index contributed by atoms with van der Waals surface area (Å²) >= 11 is 0. The molecule has 1 aromatic rings. The van der Waals surface area contributed by atoms with E-state index in [2.05, 4.69) is 50.4 Å². The van der Waals surface area contributed by atoms with Crippen LogP contribution < -0.4 is 10.2 Å². The van der Waals surface area contributed by atoms with Crippen LogP contribution in [0.1, 0.15) is 39.2 Å². The lowest BCUT2D eigenvalue weighted by Gasteiger charge is -2.24. The van der Waals surface area contributed by atoms with Crippen molar-refractivity contribution < 1.29 is 4.79 Å². The first-order chi connectivity index (χ1) is 8.99. The molecule has 1 aliphatic rings. The van der Waals surface area contributed by atoms with Crippen molar-refractivity contribution in [2.45, 2.75) is 39.7 Å². The van der Waals surface area contributed by atoms with E-state index < -0.39 is 0 Å². The van der Waals surface area contributed by atoms with Crippen LogP contribution in [0.5, 0.6) is 0 Å². The molecule has 3 heteroatoms. The average Bonchev–Trinajstić information content (AvgIpc) is 2.52. The van der Waals surface area contributed by atoms with Gasteiger partial charge in [0.05, 0.1) is 6.04 Å². The number of anilines is 1. The number of nitrogens with one attached hydrogen (secondary N) is 1. The Bertz CT molecular complexity index is 439. The first kappa shape index (κ1) is 14.1. The van der Waals surface area contributed by atoms with Gasteiger partial charge in [-0.05, 0) is 36.5 Å². The highest BCUT2D eigenvalue weighted by molar-refractivity contribution is 5.97. The van der Waals surface area contributed by atoms with Gasteiger partial charge in [-0.25, -0.2) is 0 Å². The summed E-state index contributed by atoms with van der Waals surface area (Å²) in [6.07, 6.45) is 0. The second kappa shape index (κ2) is 5.74. The van der Waals surface area contributed by atoms with Gasteiger partial charge in [0.25, 0.3) is 0 Å². The molecule has 1 aliphatic heterocycles. The van der Waals surface area contributed by atoms with Gasteiger partial charge in [-0.3, -0.25) is 4.79 Å². The maximum atomic E-state index is 12.4. The zero-order valence-corrected chi connectivity index (χ0v) is 12.3. The summed E-state index contributed by atoms with van der Waals surface area (Å²) in [4.78, 5) is 14.3. The molecular weight excluding hydrogens is 236 g/mol. The summed E-state index contributed by atoms with van der Waals surface area (Å²) in [5.74, 6) is 1.16. The summed E-state index contributed by atoms with van der Waals surface area (Å²) < 4.78 is 0. The molecule has 0 spiro atoms. The largest absolute Gasteiger partial charge is 0.311 e. The molecule has 19 heavy (non-hydrogen) atoms. The van der Waals surface area contributed by atoms with E-state index in [9.17, 15) is 4.79 Å². The van der Waals surface area contributed by atoms with Crippen molar-refractivity contribution in [1.82, 2.24) is 5.32 Å². The Kier molecular flexibility index (Phi) is 4.25. The minimum absolute atomic E-state index is 0.102. The molecule has 0 aliphatic carbocycles. The Hall–Kier alpha value is -1.35. The van der Waals surface area contributed by atoms with Crippen LogP contribution in [0.25, 0.3) is 0 Å². The third kappa shape index (κ3) is 3.16. The molecule has 104 valence electrons. The van der Waals surface area contributed by atoms with Crippen LogP contribution in [0, 0.1) is 5.92 Å². The smallest absolute Gasteiger partial charge is 0.243 e. The number of benzene rings is 1. The Morgan fingerprint density at radius 1 is 1.21 bits per heavy atom. The normalized spacial score (nSPS) is 24.7. The van der Waals surface area contributed by atoms with E-state index in [0.29, 0.717) is 11.8 Å². The van der Waals surface area contributed by atoms with Gasteiger partial charge < -0.3 is 10.2 Å². The topological polar surface area (TPSA) is 32.3 Å². The van der Waals surface area contributed by atoms with E-state index in [1.807, 2.05) is 11.8 Å². The average molecular weight is 260 g/mol. The molecule has 0 bridgehead atoms. The van der Waals surface area contributed by atoms with Gasteiger partial charge in [-0.15, -0.1) is 0 Å². The third-order valence-electron chi connectivity index (χ3n) is 3.77. The molecular formula is C16H24N2O. The number of carbonyl (C=O) groups is 1. The standard InChI is InChI=1S/C16H24N2O/c1-11(2)14-5-7-15(8-6-14)18-10-12(3)9-17-13(4)16(18)19/h5-8,11-13,17H,9-10H2,1-4H3. The monoisotopic (exact) mass is 260 g/mol. The van der Waals surface area contributed by atoms with Gasteiger partial charge in [0.2, 0.25) is 5.91 Å². The molecule has 1 fully saturated rings. The summed E-state index contributed by atoms with van der Waals surface area (Å²) in [5.41, 5.74) is 2.32. The molecule has 1 amide bonds. The number of carbonyl (C=O) groups excluding carboxylic acids is 1. The van der Waals surface area contributed by atoms with Crippen LogP contribution in [0.3, 0.4) is 0 Å². The van der Waals surface area contributed by atoms with Crippen molar-refractivity contribution in [1.29, 1.82) is 0 Å². The van der Waals surface area contributed by atoms with Crippen LogP contribution in [-0.4, -0.2) is 25.0 Å². The molecule has 1 saturated heterocycles. The van der Waals surface area contributed by atoms with Gasteiger partial charge in [0.1, 0.15) is 0 Å². The first-order valence-corrected chi connectivity index (χ1v) is 7.13. The summed E-state index contributed by atoms with van der Waals surface area (Å²) in [5, 5.41) is 3.28. The third-order valence-corrected chi connectivity index (χ3v) is 3.77.